The molecule has 0 unspecified atom stereocenters. The van der Waals surface area contributed by atoms with Crippen LogP contribution in [0.4, 0.5) is 0 Å². The summed E-state index contributed by atoms with van der Waals surface area (Å²) in [6.07, 6.45) is 9.13. The van der Waals surface area contributed by atoms with Crippen LogP contribution in [0.2, 0.25) is 0 Å². The standard InChI is InChI=1S/C15H28O/c1-12-6-5-7-13(2)14(16)9-11-15(3,4)10-8-12/h8,13-14,16H,5-7,9-11H2,1-4H3/b12-8+/t13-,14+/m0/s1. The maximum Gasteiger partial charge on any atom is 0.0566 e. The van der Waals surface area contributed by atoms with E-state index in [2.05, 4.69) is 33.8 Å². The monoisotopic (exact) mass is 224 g/mol. The fourth-order valence-corrected chi connectivity index (χ4v) is 2.37. The van der Waals surface area contributed by atoms with E-state index in [-0.39, 0.29) is 6.10 Å². The molecule has 0 aliphatic heterocycles. The topological polar surface area (TPSA) is 20.2 Å². The molecule has 0 aromatic carbocycles. The van der Waals surface area contributed by atoms with Crippen molar-refractivity contribution < 1.29 is 5.11 Å². The van der Waals surface area contributed by atoms with Crippen molar-refractivity contribution >= 4 is 0 Å². The summed E-state index contributed by atoms with van der Waals surface area (Å²) in [5, 5.41) is 10.1. The van der Waals surface area contributed by atoms with Crippen LogP contribution in [0.3, 0.4) is 0 Å². The summed E-state index contributed by atoms with van der Waals surface area (Å²) in [6.45, 7) is 9.06. The summed E-state index contributed by atoms with van der Waals surface area (Å²) in [5.74, 6) is 0.460. The smallest absolute Gasteiger partial charge is 0.0566 e. The van der Waals surface area contributed by atoms with Crippen molar-refractivity contribution in [2.45, 2.75) is 72.3 Å². The van der Waals surface area contributed by atoms with E-state index < -0.39 is 0 Å². The number of allylic oxidation sites excluding steroid dienone is 2. The van der Waals surface area contributed by atoms with Gasteiger partial charge < -0.3 is 5.11 Å². The summed E-state index contributed by atoms with van der Waals surface area (Å²) >= 11 is 0. The number of hydrogen-bond acceptors (Lipinski definition) is 1. The van der Waals surface area contributed by atoms with Crippen molar-refractivity contribution in [1.29, 1.82) is 0 Å². The minimum absolute atomic E-state index is 0.0994. The first-order valence-corrected chi connectivity index (χ1v) is 6.74. The Bertz CT molecular complexity index is 240. The third kappa shape index (κ3) is 4.69. The molecule has 1 aliphatic rings. The molecule has 0 radical (unpaired) electrons. The average Bonchev–Trinajstić information content (AvgIpc) is 2.23. The van der Waals surface area contributed by atoms with Gasteiger partial charge in [-0.1, -0.05) is 32.4 Å². The highest BCUT2D eigenvalue weighted by Gasteiger charge is 2.21. The molecule has 0 spiro atoms. The van der Waals surface area contributed by atoms with E-state index in [1.54, 1.807) is 0 Å². The van der Waals surface area contributed by atoms with Crippen molar-refractivity contribution in [3.63, 3.8) is 0 Å². The highest BCUT2D eigenvalue weighted by atomic mass is 16.3. The third-order valence-corrected chi connectivity index (χ3v) is 4.01. The fourth-order valence-electron chi connectivity index (χ4n) is 2.37. The normalized spacial score (nSPS) is 35.9. The zero-order valence-corrected chi connectivity index (χ0v) is 11.4. The SMILES string of the molecule is C/C1=C\CC(C)(C)CC[C@@H](O)[C@@H](C)CCC1. The maximum atomic E-state index is 10.1. The minimum atomic E-state index is -0.0994. The van der Waals surface area contributed by atoms with Crippen LogP contribution in [-0.2, 0) is 0 Å². The van der Waals surface area contributed by atoms with Crippen molar-refractivity contribution in [3.8, 4) is 0 Å². The molecule has 1 N–H and O–H groups in total. The molecule has 0 aromatic heterocycles. The number of aliphatic hydroxyl groups is 1. The van der Waals surface area contributed by atoms with Crippen LogP contribution in [0.1, 0.15) is 66.2 Å². The van der Waals surface area contributed by atoms with Gasteiger partial charge in [0.1, 0.15) is 0 Å². The molecule has 1 heteroatoms. The molecule has 94 valence electrons. The number of rotatable bonds is 0. The predicted molar refractivity (Wildman–Crippen MR) is 70.4 cm³/mol. The van der Waals surface area contributed by atoms with Gasteiger partial charge in [0, 0.05) is 0 Å². The molecule has 0 heterocycles. The van der Waals surface area contributed by atoms with Crippen LogP contribution in [0.5, 0.6) is 0 Å². The van der Waals surface area contributed by atoms with E-state index in [4.69, 9.17) is 0 Å². The van der Waals surface area contributed by atoms with Crippen molar-refractivity contribution in [3.05, 3.63) is 11.6 Å². The molecule has 0 saturated carbocycles. The van der Waals surface area contributed by atoms with Crippen LogP contribution in [0, 0.1) is 11.3 Å². The Morgan fingerprint density at radius 2 is 2.00 bits per heavy atom. The van der Waals surface area contributed by atoms with Gasteiger partial charge in [-0.3, -0.25) is 0 Å². The summed E-state index contributed by atoms with van der Waals surface area (Å²) in [7, 11) is 0. The van der Waals surface area contributed by atoms with Crippen molar-refractivity contribution in [2.24, 2.45) is 11.3 Å². The van der Waals surface area contributed by atoms with Crippen LogP contribution in [0.25, 0.3) is 0 Å². The van der Waals surface area contributed by atoms with Crippen molar-refractivity contribution in [1.82, 2.24) is 0 Å². The van der Waals surface area contributed by atoms with Gasteiger partial charge in [0.25, 0.3) is 0 Å². The van der Waals surface area contributed by atoms with Crippen LogP contribution in [0.15, 0.2) is 11.6 Å². The Morgan fingerprint density at radius 3 is 2.69 bits per heavy atom. The molecule has 1 nitrogen and oxygen atoms in total. The second-order valence-electron chi connectivity index (χ2n) is 6.39. The zero-order valence-electron chi connectivity index (χ0n) is 11.4. The Hall–Kier alpha value is -0.300. The summed E-state index contributed by atoms with van der Waals surface area (Å²) in [4.78, 5) is 0. The van der Waals surface area contributed by atoms with Gasteiger partial charge in [0.05, 0.1) is 6.10 Å². The summed E-state index contributed by atoms with van der Waals surface area (Å²) < 4.78 is 0. The first kappa shape index (κ1) is 13.8. The molecule has 0 fully saturated rings. The van der Waals surface area contributed by atoms with E-state index >= 15 is 0 Å². The lowest BCUT2D eigenvalue weighted by molar-refractivity contribution is 0.0877. The van der Waals surface area contributed by atoms with E-state index in [1.807, 2.05) is 0 Å². The van der Waals surface area contributed by atoms with Crippen molar-refractivity contribution in [2.75, 3.05) is 0 Å². The molecular formula is C15H28O. The third-order valence-electron chi connectivity index (χ3n) is 4.01. The molecule has 1 aliphatic carbocycles. The average molecular weight is 224 g/mol. The first-order valence-electron chi connectivity index (χ1n) is 6.74. The van der Waals surface area contributed by atoms with Crippen LogP contribution >= 0.6 is 0 Å². The first-order chi connectivity index (χ1) is 7.41. The molecule has 0 aromatic rings. The lowest BCUT2D eigenvalue weighted by atomic mass is 9.82. The zero-order chi connectivity index (χ0) is 12.2. The molecular weight excluding hydrogens is 196 g/mol. The van der Waals surface area contributed by atoms with E-state index in [0.29, 0.717) is 11.3 Å². The molecule has 1 rings (SSSR count). The van der Waals surface area contributed by atoms with Crippen LogP contribution < -0.4 is 0 Å². The van der Waals surface area contributed by atoms with Gasteiger partial charge in [-0.25, -0.2) is 0 Å². The van der Waals surface area contributed by atoms with Gasteiger partial charge >= 0.3 is 0 Å². The second-order valence-corrected chi connectivity index (χ2v) is 6.39. The maximum absolute atomic E-state index is 10.1. The Kier molecular flexibility index (Phi) is 5.04. The molecule has 0 amide bonds. The van der Waals surface area contributed by atoms with Gasteiger partial charge in [0.15, 0.2) is 0 Å². The Balaban J connectivity index is 2.66. The lowest BCUT2D eigenvalue weighted by Crippen LogP contribution is -2.21. The highest BCUT2D eigenvalue weighted by molar-refractivity contribution is 5.00. The van der Waals surface area contributed by atoms with Gasteiger partial charge in [0.2, 0.25) is 0 Å². The summed E-state index contributed by atoms with van der Waals surface area (Å²) in [5.41, 5.74) is 1.86. The number of aliphatic hydroxyl groups excluding tert-OH is 1. The molecule has 0 saturated heterocycles. The van der Waals surface area contributed by atoms with Gasteiger partial charge in [-0.05, 0) is 56.8 Å². The molecule has 2 atom stereocenters. The quantitative estimate of drug-likeness (QED) is 0.608. The largest absolute Gasteiger partial charge is 0.393 e. The second kappa shape index (κ2) is 5.86. The lowest BCUT2D eigenvalue weighted by Gasteiger charge is -2.26. The molecule has 16 heavy (non-hydrogen) atoms. The van der Waals surface area contributed by atoms with Gasteiger partial charge in [-0.15, -0.1) is 0 Å². The van der Waals surface area contributed by atoms with Crippen LogP contribution in [-0.4, -0.2) is 11.2 Å². The number of hydrogen-bond donors (Lipinski definition) is 1. The van der Waals surface area contributed by atoms with E-state index in [0.717, 1.165) is 25.7 Å². The minimum Gasteiger partial charge on any atom is -0.393 e. The molecule has 0 bridgehead atoms. The Labute approximate surface area is 101 Å². The van der Waals surface area contributed by atoms with Gasteiger partial charge in [-0.2, -0.15) is 0 Å². The van der Waals surface area contributed by atoms with E-state index in [9.17, 15) is 5.11 Å². The summed E-state index contributed by atoms with van der Waals surface area (Å²) in [6, 6.07) is 0. The highest BCUT2D eigenvalue weighted by Crippen LogP contribution is 2.31. The fraction of sp³-hybridized carbons (Fsp3) is 0.867. The predicted octanol–water partition coefficient (Wildman–Crippen LogP) is 4.31. The Morgan fingerprint density at radius 1 is 1.31 bits per heavy atom. The van der Waals surface area contributed by atoms with E-state index in [1.165, 1.54) is 18.4 Å².